The molecule has 5 rings (SSSR count). The van der Waals surface area contributed by atoms with E-state index in [-0.39, 0.29) is 35.2 Å². The van der Waals surface area contributed by atoms with Gasteiger partial charge in [0, 0.05) is 13.7 Å². The normalized spacial score (nSPS) is 11.2. The van der Waals surface area contributed by atoms with Crippen LogP contribution in [0.2, 0.25) is 5.02 Å². The van der Waals surface area contributed by atoms with Gasteiger partial charge >= 0.3 is 5.97 Å². The fourth-order valence-corrected chi connectivity index (χ4v) is 4.41. The third-order valence-electron chi connectivity index (χ3n) is 5.91. The van der Waals surface area contributed by atoms with Crippen LogP contribution >= 0.6 is 11.6 Å². The Kier molecular flexibility index (Phi) is 6.60. The van der Waals surface area contributed by atoms with Crippen LogP contribution in [0.3, 0.4) is 0 Å². The summed E-state index contributed by atoms with van der Waals surface area (Å²) in [4.78, 5) is 39.2. The molecule has 0 saturated heterocycles. The molecule has 1 amide bonds. The van der Waals surface area contributed by atoms with E-state index in [4.69, 9.17) is 21.1 Å². The van der Waals surface area contributed by atoms with E-state index in [0.29, 0.717) is 27.8 Å². The number of amides is 1. The van der Waals surface area contributed by atoms with Crippen molar-refractivity contribution in [1.29, 1.82) is 0 Å². The van der Waals surface area contributed by atoms with Gasteiger partial charge in [0.1, 0.15) is 11.5 Å². The van der Waals surface area contributed by atoms with Crippen LogP contribution in [0.5, 0.6) is 0 Å². The van der Waals surface area contributed by atoms with E-state index < -0.39 is 17.7 Å². The minimum absolute atomic E-state index is 0.0121. The second-order valence-electron chi connectivity index (χ2n) is 8.09. The Morgan fingerprint density at radius 3 is 2.70 bits per heavy atom. The van der Waals surface area contributed by atoms with Gasteiger partial charge in [-0.3, -0.25) is 9.69 Å². The summed E-state index contributed by atoms with van der Waals surface area (Å²) in [6.45, 7) is 0.565. The van der Waals surface area contributed by atoms with Crippen molar-refractivity contribution in [3.8, 4) is 0 Å². The number of ether oxygens (including phenoxy) is 2. The highest BCUT2D eigenvalue weighted by Crippen LogP contribution is 2.37. The van der Waals surface area contributed by atoms with E-state index in [2.05, 4.69) is 15.0 Å². The van der Waals surface area contributed by atoms with E-state index in [9.17, 15) is 9.59 Å². The van der Waals surface area contributed by atoms with Crippen LogP contribution in [0.25, 0.3) is 22.1 Å². The Balaban J connectivity index is 1.72. The standard InChI is InChI=1S/C26H21ClFN5O4/c1-36-11-10-32-22-9-6-15(26(35)37-2)12-21(22)31-24(32)25(34)33(23-17(27)4-3-5-18(23)28)16-7-8-19-20(13-16)30-14-29-19/h3-9,12-14H,10-11H2,1-2H3,(H,29,30). The Morgan fingerprint density at radius 1 is 1.11 bits per heavy atom. The molecule has 0 bridgehead atoms. The number of anilines is 2. The molecule has 3 aromatic carbocycles. The molecule has 0 fully saturated rings. The van der Waals surface area contributed by atoms with E-state index in [1.54, 1.807) is 48.1 Å². The Morgan fingerprint density at radius 2 is 1.95 bits per heavy atom. The summed E-state index contributed by atoms with van der Waals surface area (Å²) < 4.78 is 26.9. The SMILES string of the molecule is COCCn1c(C(=O)N(c2ccc3nc[nH]c3c2)c2c(F)cccc2Cl)nc2cc(C(=O)OC)ccc21. The molecule has 188 valence electrons. The number of esters is 1. The number of carbonyl (C=O) groups excluding carboxylic acids is 2. The molecular weight excluding hydrogens is 501 g/mol. The number of benzene rings is 3. The number of aromatic nitrogens is 4. The number of rotatable bonds is 7. The van der Waals surface area contributed by atoms with Crippen molar-refractivity contribution < 1.29 is 23.5 Å². The number of carbonyl (C=O) groups is 2. The lowest BCUT2D eigenvalue weighted by Gasteiger charge is -2.24. The molecule has 5 aromatic rings. The highest BCUT2D eigenvalue weighted by Gasteiger charge is 2.30. The van der Waals surface area contributed by atoms with Crippen LogP contribution in [-0.2, 0) is 16.0 Å². The first-order valence-corrected chi connectivity index (χ1v) is 11.6. The van der Waals surface area contributed by atoms with Crippen molar-refractivity contribution in [2.75, 3.05) is 25.7 Å². The molecule has 0 radical (unpaired) electrons. The number of hydrogen-bond donors (Lipinski definition) is 1. The van der Waals surface area contributed by atoms with Crippen molar-refractivity contribution in [2.45, 2.75) is 6.54 Å². The highest BCUT2D eigenvalue weighted by molar-refractivity contribution is 6.34. The molecule has 1 N–H and O–H groups in total. The minimum atomic E-state index is -0.682. The lowest BCUT2D eigenvalue weighted by atomic mass is 10.2. The van der Waals surface area contributed by atoms with Gasteiger partial charge in [0.25, 0.3) is 5.91 Å². The van der Waals surface area contributed by atoms with E-state index in [0.717, 1.165) is 0 Å². The average Bonchev–Trinajstić information content (AvgIpc) is 3.52. The van der Waals surface area contributed by atoms with Crippen LogP contribution in [0.4, 0.5) is 15.8 Å². The number of nitrogens with one attached hydrogen (secondary N) is 1. The highest BCUT2D eigenvalue weighted by atomic mass is 35.5. The molecule has 2 aromatic heterocycles. The van der Waals surface area contributed by atoms with Crippen molar-refractivity contribution in [3.63, 3.8) is 0 Å². The predicted molar refractivity (Wildman–Crippen MR) is 137 cm³/mol. The largest absolute Gasteiger partial charge is 0.465 e. The molecule has 0 saturated carbocycles. The summed E-state index contributed by atoms with van der Waals surface area (Å²) >= 11 is 6.42. The number of imidazole rings is 2. The van der Waals surface area contributed by atoms with Crippen LogP contribution < -0.4 is 4.90 Å². The van der Waals surface area contributed by atoms with Crippen LogP contribution in [-0.4, -0.2) is 52.2 Å². The van der Waals surface area contributed by atoms with Crippen molar-refractivity contribution in [1.82, 2.24) is 19.5 Å². The number of halogens is 2. The molecule has 0 spiro atoms. The van der Waals surface area contributed by atoms with Gasteiger partial charge in [0.05, 0.1) is 58.4 Å². The summed E-state index contributed by atoms with van der Waals surface area (Å²) in [5.74, 6) is -1.83. The minimum Gasteiger partial charge on any atom is -0.465 e. The molecule has 2 heterocycles. The molecule has 0 unspecified atom stereocenters. The Labute approximate surface area is 215 Å². The molecule has 9 nitrogen and oxygen atoms in total. The van der Waals surface area contributed by atoms with Crippen LogP contribution in [0, 0.1) is 5.82 Å². The molecule has 0 aliphatic heterocycles. The monoisotopic (exact) mass is 521 g/mol. The van der Waals surface area contributed by atoms with Gasteiger partial charge in [-0.1, -0.05) is 17.7 Å². The van der Waals surface area contributed by atoms with Gasteiger partial charge in [0.15, 0.2) is 0 Å². The first-order chi connectivity index (χ1) is 17.9. The molecule has 0 atom stereocenters. The van der Waals surface area contributed by atoms with Gasteiger partial charge < -0.3 is 19.0 Å². The first kappa shape index (κ1) is 24.4. The maximum absolute atomic E-state index is 15.2. The number of aromatic amines is 1. The smallest absolute Gasteiger partial charge is 0.337 e. The summed E-state index contributed by atoms with van der Waals surface area (Å²) in [5, 5.41) is 0.0468. The zero-order valence-electron chi connectivity index (χ0n) is 19.9. The fourth-order valence-electron chi connectivity index (χ4n) is 4.16. The van der Waals surface area contributed by atoms with Crippen molar-refractivity contribution in [3.05, 3.63) is 83.2 Å². The number of nitrogens with zero attached hydrogens (tertiary/aromatic N) is 4. The van der Waals surface area contributed by atoms with Gasteiger partial charge in [-0.15, -0.1) is 0 Å². The quantitative estimate of drug-likeness (QED) is 0.298. The van der Waals surface area contributed by atoms with Crippen molar-refractivity contribution in [2.24, 2.45) is 0 Å². The number of hydrogen-bond acceptors (Lipinski definition) is 6. The average molecular weight is 522 g/mol. The Hall–Kier alpha value is -4.28. The molecule has 37 heavy (non-hydrogen) atoms. The zero-order chi connectivity index (χ0) is 26.1. The summed E-state index contributed by atoms with van der Waals surface area (Å²) in [7, 11) is 2.83. The summed E-state index contributed by atoms with van der Waals surface area (Å²) in [6, 6.07) is 14.1. The third-order valence-corrected chi connectivity index (χ3v) is 6.21. The fraction of sp³-hybridized carbons (Fsp3) is 0.154. The second-order valence-corrected chi connectivity index (χ2v) is 8.50. The van der Waals surface area contributed by atoms with Gasteiger partial charge in [-0.25, -0.2) is 19.2 Å². The topological polar surface area (TPSA) is 102 Å². The van der Waals surface area contributed by atoms with Crippen molar-refractivity contribution >= 4 is 56.9 Å². The Bertz CT molecular complexity index is 1630. The lowest BCUT2D eigenvalue weighted by Crippen LogP contribution is -2.30. The molecule has 0 aliphatic rings. The summed E-state index contributed by atoms with van der Waals surface area (Å²) in [6.07, 6.45) is 1.53. The maximum atomic E-state index is 15.2. The molecular formula is C26H21ClFN5O4. The van der Waals surface area contributed by atoms with E-state index in [1.807, 2.05) is 0 Å². The molecule has 11 heteroatoms. The van der Waals surface area contributed by atoms with Crippen LogP contribution in [0.1, 0.15) is 21.0 Å². The van der Waals surface area contributed by atoms with E-state index >= 15 is 4.39 Å². The van der Waals surface area contributed by atoms with Gasteiger partial charge in [0.2, 0.25) is 5.82 Å². The van der Waals surface area contributed by atoms with E-state index in [1.165, 1.54) is 36.5 Å². The van der Waals surface area contributed by atoms with Gasteiger partial charge in [-0.2, -0.15) is 0 Å². The summed E-state index contributed by atoms with van der Waals surface area (Å²) in [5.41, 5.74) is 2.84. The third kappa shape index (κ3) is 4.41. The molecule has 0 aliphatic carbocycles. The van der Waals surface area contributed by atoms with Gasteiger partial charge in [-0.05, 0) is 48.5 Å². The zero-order valence-corrected chi connectivity index (χ0v) is 20.6. The maximum Gasteiger partial charge on any atom is 0.337 e. The lowest BCUT2D eigenvalue weighted by molar-refractivity contribution is 0.0600. The number of methoxy groups -OCH3 is 2. The number of fused-ring (bicyclic) bond motifs is 2. The predicted octanol–water partition coefficient (Wildman–Crippen LogP) is 5.12. The second kappa shape index (κ2) is 10.00. The van der Waals surface area contributed by atoms with Crippen LogP contribution in [0.15, 0.2) is 60.9 Å². The number of para-hydroxylation sites is 1. The first-order valence-electron chi connectivity index (χ1n) is 11.2. The number of H-pyrrole nitrogens is 1.